The molecule has 0 saturated carbocycles. The van der Waals surface area contributed by atoms with Gasteiger partial charge in [0, 0.05) is 22.9 Å². The number of nitrogens with zero attached hydrogens (tertiary/aromatic N) is 2. The fourth-order valence-electron chi connectivity index (χ4n) is 2.38. The molecule has 0 radical (unpaired) electrons. The molecule has 0 fully saturated rings. The Labute approximate surface area is 152 Å². The highest BCUT2D eigenvalue weighted by molar-refractivity contribution is 7.80. The Morgan fingerprint density at radius 1 is 1.12 bits per heavy atom. The monoisotopic (exact) mass is 356 g/mol. The molecule has 0 saturated heterocycles. The van der Waals surface area contributed by atoms with Gasteiger partial charge in [0.1, 0.15) is 0 Å². The summed E-state index contributed by atoms with van der Waals surface area (Å²) in [6, 6.07) is 11.0. The van der Waals surface area contributed by atoms with E-state index in [1.165, 1.54) is 6.07 Å². The molecule has 0 spiro atoms. The number of para-hydroxylation sites is 1. The van der Waals surface area contributed by atoms with Crippen molar-refractivity contribution in [2.75, 3.05) is 5.32 Å². The van der Waals surface area contributed by atoms with Gasteiger partial charge in [0.15, 0.2) is 5.11 Å². The molecule has 0 aromatic heterocycles. The molecule has 0 aliphatic carbocycles. The molecule has 2 aromatic rings. The number of benzene rings is 2. The van der Waals surface area contributed by atoms with E-state index in [0.29, 0.717) is 22.0 Å². The van der Waals surface area contributed by atoms with Crippen LogP contribution in [-0.2, 0) is 0 Å². The molecular formula is C18H20N4O2S. The van der Waals surface area contributed by atoms with Gasteiger partial charge in [0.05, 0.1) is 10.6 Å². The molecule has 0 aliphatic heterocycles. The number of rotatable bonds is 4. The van der Waals surface area contributed by atoms with Crippen LogP contribution in [0.25, 0.3) is 0 Å². The summed E-state index contributed by atoms with van der Waals surface area (Å²) >= 11 is 5.27. The molecule has 0 unspecified atom stereocenters. The Morgan fingerprint density at radius 2 is 1.76 bits per heavy atom. The molecule has 0 amide bonds. The van der Waals surface area contributed by atoms with E-state index in [4.69, 9.17) is 12.2 Å². The Balaban J connectivity index is 2.12. The van der Waals surface area contributed by atoms with E-state index in [1.807, 2.05) is 32.0 Å². The predicted octanol–water partition coefficient (Wildman–Crippen LogP) is 4.23. The normalized spacial score (nSPS) is 11.1. The molecule has 0 aliphatic rings. The van der Waals surface area contributed by atoms with Crippen molar-refractivity contribution in [1.29, 1.82) is 0 Å². The van der Waals surface area contributed by atoms with Crippen molar-refractivity contribution in [3.05, 3.63) is 68.8 Å². The van der Waals surface area contributed by atoms with E-state index in [1.54, 1.807) is 26.0 Å². The SMILES string of the molecule is C/C(=N\NC(=S)Nc1c(C)cccc1C)c1ccc(C)c([N+](=O)[O-])c1. The summed E-state index contributed by atoms with van der Waals surface area (Å²) in [6.45, 7) is 7.47. The van der Waals surface area contributed by atoms with Gasteiger partial charge in [-0.15, -0.1) is 0 Å². The lowest BCUT2D eigenvalue weighted by Crippen LogP contribution is -2.25. The van der Waals surface area contributed by atoms with Crippen LogP contribution in [0.2, 0.25) is 0 Å². The average Bonchev–Trinajstić information content (AvgIpc) is 2.56. The van der Waals surface area contributed by atoms with E-state index in [-0.39, 0.29) is 5.69 Å². The summed E-state index contributed by atoms with van der Waals surface area (Å²) in [6.07, 6.45) is 0. The van der Waals surface area contributed by atoms with Crippen LogP contribution in [0.1, 0.15) is 29.2 Å². The van der Waals surface area contributed by atoms with Crippen molar-refractivity contribution in [2.24, 2.45) is 5.10 Å². The van der Waals surface area contributed by atoms with Crippen molar-refractivity contribution < 1.29 is 4.92 Å². The quantitative estimate of drug-likeness (QED) is 0.371. The molecule has 2 aromatic carbocycles. The minimum atomic E-state index is -0.396. The number of hydrogen-bond donors (Lipinski definition) is 2. The Bertz CT molecular complexity index is 842. The van der Waals surface area contributed by atoms with Crippen LogP contribution >= 0.6 is 12.2 Å². The Hall–Kier alpha value is -2.80. The van der Waals surface area contributed by atoms with E-state index < -0.39 is 4.92 Å². The third-order valence-corrected chi connectivity index (χ3v) is 4.06. The zero-order valence-corrected chi connectivity index (χ0v) is 15.4. The van der Waals surface area contributed by atoms with Gasteiger partial charge in [-0.2, -0.15) is 5.10 Å². The summed E-state index contributed by atoms with van der Waals surface area (Å²) in [5.41, 5.74) is 7.85. The Morgan fingerprint density at radius 3 is 2.36 bits per heavy atom. The fourth-order valence-corrected chi connectivity index (χ4v) is 2.53. The van der Waals surface area contributed by atoms with Gasteiger partial charge in [0.2, 0.25) is 0 Å². The van der Waals surface area contributed by atoms with Crippen LogP contribution in [-0.4, -0.2) is 15.7 Å². The van der Waals surface area contributed by atoms with Gasteiger partial charge in [-0.1, -0.05) is 30.3 Å². The smallest absolute Gasteiger partial charge is 0.272 e. The van der Waals surface area contributed by atoms with Gasteiger partial charge in [-0.3, -0.25) is 15.5 Å². The zero-order chi connectivity index (χ0) is 18.6. The standard InChI is InChI=1S/C18H20N4O2S/c1-11-8-9-15(10-16(11)22(23)24)14(4)20-21-18(25)19-17-12(2)6-5-7-13(17)3/h5-10H,1-4H3,(H2,19,21,25)/b20-14+. The first-order valence-electron chi connectivity index (χ1n) is 7.72. The molecule has 2 rings (SSSR count). The van der Waals surface area contributed by atoms with Gasteiger partial charge >= 0.3 is 0 Å². The van der Waals surface area contributed by atoms with Crippen LogP contribution < -0.4 is 10.7 Å². The number of hydrazone groups is 1. The lowest BCUT2D eigenvalue weighted by Gasteiger charge is -2.13. The molecule has 0 bridgehead atoms. The molecule has 0 atom stereocenters. The fraction of sp³-hybridized carbons (Fsp3) is 0.222. The molecule has 130 valence electrons. The summed E-state index contributed by atoms with van der Waals surface area (Å²) < 4.78 is 0. The highest BCUT2D eigenvalue weighted by Gasteiger charge is 2.12. The molecular weight excluding hydrogens is 336 g/mol. The number of nitro groups is 1. The number of aryl methyl sites for hydroxylation is 3. The van der Waals surface area contributed by atoms with Crippen molar-refractivity contribution in [2.45, 2.75) is 27.7 Å². The van der Waals surface area contributed by atoms with E-state index in [9.17, 15) is 10.1 Å². The minimum Gasteiger partial charge on any atom is -0.331 e. The maximum Gasteiger partial charge on any atom is 0.272 e. The van der Waals surface area contributed by atoms with Gasteiger partial charge < -0.3 is 5.32 Å². The maximum atomic E-state index is 11.0. The number of nitro benzene ring substituents is 1. The topological polar surface area (TPSA) is 79.6 Å². The third-order valence-electron chi connectivity index (χ3n) is 3.87. The molecule has 25 heavy (non-hydrogen) atoms. The van der Waals surface area contributed by atoms with Gasteiger partial charge in [0.25, 0.3) is 5.69 Å². The van der Waals surface area contributed by atoms with Crippen molar-refractivity contribution in [1.82, 2.24) is 5.43 Å². The molecule has 0 heterocycles. The van der Waals surface area contributed by atoms with Gasteiger partial charge in [-0.25, -0.2) is 0 Å². The van der Waals surface area contributed by atoms with Crippen molar-refractivity contribution in [3.8, 4) is 0 Å². The maximum absolute atomic E-state index is 11.0. The number of nitrogens with one attached hydrogen (secondary N) is 2. The highest BCUT2D eigenvalue weighted by atomic mass is 32.1. The van der Waals surface area contributed by atoms with Gasteiger partial charge in [-0.05, 0) is 51.0 Å². The van der Waals surface area contributed by atoms with E-state index in [0.717, 1.165) is 16.8 Å². The van der Waals surface area contributed by atoms with Crippen LogP contribution in [0.4, 0.5) is 11.4 Å². The van der Waals surface area contributed by atoms with Crippen LogP contribution in [0.3, 0.4) is 0 Å². The minimum absolute atomic E-state index is 0.0725. The molecule has 2 N–H and O–H groups in total. The molecule has 6 nitrogen and oxygen atoms in total. The highest BCUT2D eigenvalue weighted by Crippen LogP contribution is 2.20. The van der Waals surface area contributed by atoms with Crippen LogP contribution in [0.15, 0.2) is 41.5 Å². The van der Waals surface area contributed by atoms with Crippen molar-refractivity contribution >= 4 is 34.4 Å². The second-order valence-corrected chi connectivity index (χ2v) is 6.20. The van der Waals surface area contributed by atoms with E-state index >= 15 is 0 Å². The second kappa shape index (κ2) is 7.85. The van der Waals surface area contributed by atoms with Crippen LogP contribution in [0, 0.1) is 30.9 Å². The Kier molecular flexibility index (Phi) is 5.82. The number of hydrogen-bond acceptors (Lipinski definition) is 4. The zero-order valence-electron chi connectivity index (χ0n) is 14.6. The number of anilines is 1. The van der Waals surface area contributed by atoms with E-state index in [2.05, 4.69) is 15.8 Å². The largest absolute Gasteiger partial charge is 0.331 e. The third kappa shape index (κ3) is 4.60. The first kappa shape index (κ1) is 18.5. The molecule has 7 heteroatoms. The summed E-state index contributed by atoms with van der Waals surface area (Å²) in [5, 5.41) is 18.8. The average molecular weight is 356 g/mol. The predicted molar refractivity (Wildman–Crippen MR) is 105 cm³/mol. The first-order chi connectivity index (χ1) is 11.8. The number of thiocarbonyl (C=S) groups is 1. The summed E-state index contributed by atoms with van der Waals surface area (Å²) in [5.74, 6) is 0. The lowest BCUT2D eigenvalue weighted by atomic mass is 10.1. The summed E-state index contributed by atoms with van der Waals surface area (Å²) in [4.78, 5) is 10.7. The second-order valence-electron chi connectivity index (χ2n) is 5.79. The summed E-state index contributed by atoms with van der Waals surface area (Å²) in [7, 11) is 0. The van der Waals surface area contributed by atoms with Crippen molar-refractivity contribution in [3.63, 3.8) is 0 Å². The first-order valence-corrected chi connectivity index (χ1v) is 8.13. The van der Waals surface area contributed by atoms with Crippen LogP contribution in [0.5, 0.6) is 0 Å². The lowest BCUT2D eigenvalue weighted by molar-refractivity contribution is -0.385.